The first-order chi connectivity index (χ1) is 9.50. The Labute approximate surface area is 119 Å². The van der Waals surface area contributed by atoms with Crippen LogP contribution in [0, 0.1) is 0 Å². The summed E-state index contributed by atoms with van der Waals surface area (Å²) in [5.41, 5.74) is 0.347. The highest BCUT2D eigenvalue weighted by atomic mass is 35.5. The molecule has 0 fully saturated rings. The molecule has 1 aromatic carbocycles. The highest BCUT2D eigenvalue weighted by molar-refractivity contribution is 6.31. The lowest BCUT2D eigenvalue weighted by Crippen LogP contribution is -2.28. The van der Waals surface area contributed by atoms with Crippen LogP contribution in [0.1, 0.15) is 39.5 Å². The summed E-state index contributed by atoms with van der Waals surface area (Å²) in [6.07, 6.45) is 1.17. The SMILES string of the molecule is C[C@H](NC(=O)c1nc[nH]c1C(=O)O)c1ccccc1Cl. The normalized spacial score (nSPS) is 11.9. The van der Waals surface area contributed by atoms with Gasteiger partial charge in [-0.3, -0.25) is 4.79 Å². The molecular formula is C13H12ClN3O3. The van der Waals surface area contributed by atoms with Gasteiger partial charge in [0.2, 0.25) is 0 Å². The Balaban J connectivity index is 2.18. The number of hydrogen-bond acceptors (Lipinski definition) is 3. The first kappa shape index (κ1) is 14.1. The van der Waals surface area contributed by atoms with E-state index >= 15 is 0 Å². The third-order valence-corrected chi connectivity index (χ3v) is 3.13. The number of amides is 1. The number of nitrogens with one attached hydrogen (secondary N) is 2. The van der Waals surface area contributed by atoms with Gasteiger partial charge < -0.3 is 15.4 Å². The molecule has 2 rings (SSSR count). The number of nitrogens with zero attached hydrogens (tertiary/aromatic N) is 1. The highest BCUT2D eigenvalue weighted by Gasteiger charge is 2.21. The zero-order chi connectivity index (χ0) is 14.7. The first-order valence-corrected chi connectivity index (χ1v) is 6.20. The van der Waals surface area contributed by atoms with Gasteiger partial charge in [0.25, 0.3) is 5.91 Å². The van der Waals surface area contributed by atoms with Crippen molar-refractivity contribution >= 4 is 23.5 Å². The van der Waals surface area contributed by atoms with Gasteiger partial charge in [0, 0.05) is 5.02 Å². The van der Waals surface area contributed by atoms with Gasteiger partial charge in [0.1, 0.15) is 0 Å². The molecule has 0 unspecified atom stereocenters. The Morgan fingerprint density at radius 2 is 2.10 bits per heavy atom. The van der Waals surface area contributed by atoms with Crippen molar-refractivity contribution in [1.82, 2.24) is 15.3 Å². The van der Waals surface area contributed by atoms with E-state index in [4.69, 9.17) is 16.7 Å². The number of rotatable bonds is 4. The fourth-order valence-corrected chi connectivity index (χ4v) is 2.10. The molecule has 1 aromatic heterocycles. The Hall–Kier alpha value is -2.34. The summed E-state index contributed by atoms with van der Waals surface area (Å²) in [6, 6.07) is 6.74. The molecule has 7 heteroatoms. The average molecular weight is 294 g/mol. The van der Waals surface area contributed by atoms with Gasteiger partial charge in [-0.25, -0.2) is 9.78 Å². The highest BCUT2D eigenvalue weighted by Crippen LogP contribution is 2.22. The van der Waals surface area contributed by atoms with E-state index in [0.717, 1.165) is 5.56 Å². The van der Waals surface area contributed by atoms with Gasteiger partial charge in [-0.1, -0.05) is 29.8 Å². The lowest BCUT2D eigenvalue weighted by atomic mass is 10.1. The quantitative estimate of drug-likeness (QED) is 0.805. The van der Waals surface area contributed by atoms with E-state index in [1.165, 1.54) is 6.33 Å². The first-order valence-electron chi connectivity index (χ1n) is 5.82. The number of carboxylic acid groups (broad SMARTS) is 1. The summed E-state index contributed by atoms with van der Waals surface area (Å²) >= 11 is 6.04. The van der Waals surface area contributed by atoms with Gasteiger partial charge in [-0.15, -0.1) is 0 Å². The topological polar surface area (TPSA) is 95.1 Å². The van der Waals surface area contributed by atoms with Gasteiger partial charge in [-0.05, 0) is 18.6 Å². The standard InChI is InChI=1S/C13H12ClN3O3/c1-7(8-4-2-3-5-9(8)14)17-12(18)10-11(13(19)20)16-6-15-10/h2-7H,1H3,(H,15,16)(H,17,18)(H,19,20)/t7-/m0/s1. The number of hydrogen-bond donors (Lipinski definition) is 3. The maximum Gasteiger partial charge on any atom is 0.354 e. The number of halogens is 1. The third-order valence-electron chi connectivity index (χ3n) is 2.79. The van der Waals surface area contributed by atoms with E-state index in [1.807, 2.05) is 0 Å². The van der Waals surface area contributed by atoms with E-state index < -0.39 is 11.9 Å². The number of carboxylic acids is 1. The minimum absolute atomic E-state index is 0.156. The van der Waals surface area contributed by atoms with Crippen molar-refractivity contribution in [3.8, 4) is 0 Å². The number of aromatic amines is 1. The van der Waals surface area contributed by atoms with Crippen LogP contribution in [0.25, 0.3) is 0 Å². The fourth-order valence-electron chi connectivity index (χ4n) is 1.80. The van der Waals surface area contributed by atoms with E-state index in [9.17, 15) is 9.59 Å². The molecule has 0 saturated carbocycles. The Kier molecular flexibility index (Phi) is 4.05. The van der Waals surface area contributed by atoms with Crippen LogP contribution in [0.5, 0.6) is 0 Å². The lowest BCUT2D eigenvalue weighted by Gasteiger charge is -2.15. The zero-order valence-corrected chi connectivity index (χ0v) is 11.3. The molecule has 104 valence electrons. The Bertz CT molecular complexity index is 654. The van der Waals surface area contributed by atoms with E-state index in [1.54, 1.807) is 31.2 Å². The number of imidazole rings is 1. The second-order valence-electron chi connectivity index (χ2n) is 4.15. The fraction of sp³-hybridized carbons (Fsp3) is 0.154. The van der Waals surface area contributed by atoms with Crippen molar-refractivity contribution in [3.05, 3.63) is 52.6 Å². The zero-order valence-electron chi connectivity index (χ0n) is 10.6. The molecule has 0 spiro atoms. The Morgan fingerprint density at radius 1 is 1.40 bits per heavy atom. The van der Waals surface area contributed by atoms with Crippen LogP contribution in [0.15, 0.2) is 30.6 Å². The van der Waals surface area contributed by atoms with E-state index in [0.29, 0.717) is 5.02 Å². The van der Waals surface area contributed by atoms with Crippen LogP contribution in [-0.2, 0) is 0 Å². The number of benzene rings is 1. The van der Waals surface area contributed by atoms with Crippen LogP contribution in [0.4, 0.5) is 0 Å². The monoisotopic (exact) mass is 293 g/mol. The predicted molar refractivity (Wildman–Crippen MR) is 72.9 cm³/mol. The van der Waals surface area contributed by atoms with Crippen LogP contribution >= 0.6 is 11.6 Å². The summed E-state index contributed by atoms with van der Waals surface area (Å²) in [5, 5.41) is 12.1. The molecule has 0 aliphatic heterocycles. The smallest absolute Gasteiger partial charge is 0.354 e. The molecule has 0 aliphatic carbocycles. The molecule has 6 nitrogen and oxygen atoms in total. The summed E-state index contributed by atoms with van der Waals surface area (Å²) in [6.45, 7) is 1.76. The van der Waals surface area contributed by atoms with E-state index in [2.05, 4.69) is 15.3 Å². The van der Waals surface area contributed by atoms with Crippen molar-refractivity contribution in [2.75, 3.05) is 0 Å². The number of aromatic carboxylic acids is 1. The van der Waals surface area contributed by atoms with Crippen LogP contribution in [0.3, 0.4) is 0 Å². The summed E-state index contributed by atoms with van der Waals surface area (Å²) in [4.78, 5) is 29.1. The van der Waals surface area contributed by atoms with Crippen molar-refractivity contribution in [3.63, 3.8) is 0 Å². The number of aromatic nitrogens is 2. The molecule has 0 radical (unpaired) electrons. The molecule has 0 aliphatic rings. The summed E-state index contributed by atoms with van der Waals surface area (Å²) in [7, 11) is 0. The van der Waals surface area contributed by atoms with Crippen molar-refractivity contribution in [2.45, 2.75) is 13.0 Å². The van der Waals surface area contributed by atoms with Gasteiger partial charge in [0.15, 0.2) is 11.4 Å². The summed E-state index contributed by atoms with van der Waals surface area (Å²) in [5.74, 6) is -1.81. The summed E-state index contributed by atoms with van der Waals surface area (Å²) < 4.78 is 0. The second kappa shape index (κ2) is 5.75. The molecule has 0 saturated heterocycles. The molecule has 20 heavy (non-hydrogen) atoms. The average Bonchev–Trinajstić information content (AvgIpc) is 2.88. The second-order valence-corrected chi connectivity index (χ2v) is 4.56. The van der Waals surface area contributed by atoms with Crippen molar-refractivity contribution < 1.29 is 14.7 Å². The minimum Gasteiger partial charge on any atom is -0.477 e. The van der Waals surface area contributed by atoms with Crippen LogP contribution in [0.2, 0.25) is 5.02 Å². The number of carbonyl (C=O) groups excluding carboxylic acids is 1. The molecular weight excluding hydrogens is 282 g/mol. The maximum absolute atomic E-state index is 12.0. The van der Waals surface area contributed by atoms with Gasteiger partial charge in [-0.2, -0.15) is 0 Å². The van der Waals surface area contributed by atoms with Crippen LogP contribution < -0.4 is 5.32 Å². The Morgan fingerprint density at radius 3 is 2.75 bits per heavy atom. The van der Waals surface area contributed by atoms with Gasteiger partial charge >= 0.3 is 5.97 Å². The molecule has 1 atom stereocenters. The van der Waals surface area contributed by atoms with Crippen molar-refractivity contribution in [1.29, 1.82) is 0 Å². The van der Waals surface area contributed by atoms with Crippen LogP contribution in [-0.4, -0.2) is 27.0 Å². The maximum atomic E-state index is 12.0. The molecule has 0 bridgehead atoms. The molecule has 2 aromatic rings. The largest absolute Gasteiger partial charge is 0.477 e. The molecule has 3 N–H and O–H groups in total. The predicted octanol–water partition coefficient (Wildman–Crippen LogP) is 2.25. The number of carbonyl (C=O) groups is 2. The third kappa shape index (κ3) is 2.80. The molecule has 1 amide bonds. The lowest BCUT2D eigenvalue weighted by molar-refractivity contribution is 0.0684. The van der Waals surface area contributed by atoms with Gasteiger partial charge in [0.05, 0.1) is 12.4 Å². The van der Waals surface area contributed by atoms with E-state index in [-0.39, 0.29) is 17.4 Å². The molecule has 1 heterocycles. The van der Waals surface area contributed by atoms with Crippen molar-refractivity contribution in [2.24, 2.45) is 0 Å². The minimum atomic E-state index is -1.24. The number of H-pyrrole nitrogens is 1.